The zero-order valence-corrected chi connectivity index (χ0v) is 15.1. The maximum absolute atomic E-state index is 12.7. The van der Waals surface area contributed by atoms with Crippen LogP contribution in [0.25, 0.3) is 0 Å². The summed E-state index contributed by atoms with van der Waals surface area (Å²) >= 11 is 11.5. The molecule has 1 aliphatic carbocycles. The molecule has 5 heteroatoms. The van der Waals surface area contributed by atoms with Crippen LogP contribution in [0.1, 0.15) is 39.4 Å². The zero-order chi connectivity index (χ0) is 17.0. The molecule has 1 aromatic rings. The molecule has 2 aliphatic rings. The molecule has 0 radical (unpaired) electrons. The van der Waals surface area contributed by atoms with Crippen molar-refractivity contribution in [2.75, 3.05) is 0 Å². The number of allylic oxidation sites excluding steroid dienone is 1. The van der Waals surface area contributed by atoms with E-state index < -0.39 is 11.7 Å². The molecule has 1 saturated carbocycles. The Kier molecular flexibility index (Phi) is 3.93. The van der Waals surface area contributed by atoms with Crippen LogP contribution in [0.4, 0.5) is 0 Å². The quantitative estimate of drug-likeness (QED) is 0.713. The standard InChI is InChI=1S/C18H20Cl2O3/c1-17(2)11(9-13(19)20)14(17)16(21)22-15-10-7-5-6-8-12(10)23-18(15,3)4/h5-9,11,14-15H,1-4H3. The number of carbonyl (C=O) groups excluding carboxylic acids is 1. The highest BCUT2D eigenvalue weighted by atomic mass is 35.5. The van der Waals surface area contributed by atoms with Gasteiger partial charge in [0.25, 0.3) is 0 Å². The number of hydrogen-bond donors (Lipinski definition) is 0. The van der Waals surface area contributed by atoms with Crippen LogP contribution in [0, 0.1) is 17.3 Å². The Labute approximate surface area is 146 Å². The van der Waals surface area contributed by atoms with Gasteiger partial charge >= 0.3 is 5.97 Å². The fourth-order valence-corrected chi connectivity index (χ4v) is 3.74. The van der Waals surface area contributed by atoms with Crippen molar-refractivity contribution in [3.05, 3.63) is 40.4 Å². The van der Waals surface area contributed by atoms with E-state index in [9.17, 15) is 4.79 Å². The van der Waals surface area contributed by atoms with Gasteiger partial charge in [-0.05, 0) is 37.3 Å². The topological polar surface area (TPSA) is 35.5 Å². The lowest BCUT2D eigenvalue weighted by molar-refractivity contribution is -0.159. The van der Waals surface area contributed by atoms with E-state index in [1.54, 1.807) is 6.08 Å². The molecule has 3 rings (SSSR count). The van der Waals surface area contributed by atoms with Crippen molar-refractivity contribution < 1.29 is 14.3 Å². The molecule has 3 unspecified atom stereocenters. The molecule has 0 aromatic heterocycles. The lowest BCUT2D eigenvalue weighted by Crippen LogP contribution is -2.33. The smallest absolute Gasteiger partial charge is 0.310 e. The van der Waals surface area contributed by atoms with Crippen LogP contribution < -0.4 is 4.74 Å². The highest BCUT2D eigenvalue weighted by molar-refractivity contribution is 6.55. The Morgan fingerprint density at radius 2 is 1.87 bits per heavy atom. The largest absolute Gasteiger partial charge is 0.483 e. The summed E-state index contributed by atoms with van der Waals surface area (Å²) in [5.74, 6) is 0.300. The minimum absolute atomic E-state index is 0.000627. The van der Waals surface area contributed by atoms with Gasteiger partial charge in [0.05, 0.1) is 5.92 Å². The van der Waals surface area contributed by atoms with Gasteiger partial charge in [0.1, 0.15) is 15.8 Å². The molecule has 1 aromatic carbocycles. The highest BCUT2D eigenvalue weighted by Gasteiger charge is 2.62. The van der Waals surface area contributed by atoms with Gasteiger partial charge in [-0.1, -0.05) is 55.2 Å². The van der Waals surface area contributed by atoms with E-state index in [0.29, 0.717) is 0 Å². The number of halogens is 2. The van der Waals surface area contributed by atoms with Crippen LogP contribution in [0.3, 0.4) is 0 Å². The molecular weight excluding hydrogens is 335 g/mol. The molecule has 1 fully saturated rings. The number of carbonyl (C=O) groups is 1. The Balaban J connectivity index is 1.80. The van der Waals surface area contributed by atoms with E-state index in [4.69, 9.17) is 32.7 Å². The third-order valence-electron chi connectivity index (χ3n) is 4.91. The van der Waals surface area contributed by atoms with Gasteiger partial charge in [-0.2, -0.15) is 0 Å². The maximum Gasteiger partial charge on any atom is 0.310 e. The summed E-state index contributed by atoms with van der Waals surface area (Å²) in [4.78, 5) is 12.7. The SMILES string of the molecule is CC1(C)Oc2ccccc2C1OC(=O)C1C(C=C(Cl)Cl)C1(C)C. The van der Waals surface area contributed by atoms with Gasteiger partial charge in [-0.15, -0.1) is 0 Å². The number of esters is 1. The van der Waals surface area contributed by atoms with Gasteiger partial charge in [-0.25, -0.2) is 0 Å². The number of rotatable bonds is 3. The molecular formula is C18H20Cl2O3. The minimum Gasteiger partial charge on any atom is -0.483 e. The summed E-state index contributed by atoms with van der Waals surface area (Å²) in [5, 5.41) is 0. The monoisotopic (exact) mass is 354 g/mol. The van der Waals surface area contributed by atoms with Gasteiger partial charge in [0.15, 0.2) is 6.10 Å². The van der Waals surface area contributed by atoms with Crippen LogP contribution >= 0.6 is 23.2 Å². The van der Waals surface area contributed by atoms with Crippen molar-refractivity contribution in [3.8, 4) is 5.75 Å². The van der Waals surface area contributed by atoms with Crippen LogP contribution in [-0.4, -0.2) is 11.6 Å². The normalized spacial score (nSPS) is 29.2. The van der Waals surface area contributed by atoms with Crippen LogP contribution in [0.15, 0.2) is 34.8 Å². The Morgan fingerprint density at radius 1 is 1.22 bits per heavy atom. The van der Waals surface area contributed by atoms with Gasteiger partial charge < -0.3 is 9.47 Å². The van der Waals surface area contributed by atoms with Crippen LogP contribution in [0.2, 0.25) is 0 Å². The number of benzene rings is 1. The van der Waals surface area contributed by atoms with E-state index in [0.717, 1.165) is 11.3 Å². The average molecular weight is 355 g/mol. The van der Waals surface area contributed by atoms with E-state index in [-0.39, 0.29) is 27.7 Å². The van der Waals surface area contributed by atoms with E-state index in [1.165, 1.54) is 0 Å². The molecule has 0 bridgehead atoms. The van der Waals surface area contributed by atoms with Crippen molar-refractivity contribution in [2.45, 2.75) is 39.4 Å². The van der Waals surface area contributed by atoms with E-state index >= 15 is 0 Å². The first-order valence-electron chi connectivity index (χ1n) is 7.66. The lowest BCUT2D eigenvalue weighted by Gasteiger charge is -2.26. The second kappa shape index (κ2) is 5.42. The Hall–Kier alpha value is -1.19. The van der Waals surface area contributed by atoms with Gasteiger partial charge in [0.2, 0.25) is 0 Å². The molecule has 0 amide bonds. The summed E-state index contributed by atoms with van der Waals surface area (Å²) in [5.41, 5.74) is 0.120. The molecule has 3 atom stereocenters. The molecule has 1 heterocycles. The summed E-state index contributed by atoms with van der Waals surface area (Å²) < 4.78 is 12.0. The summed E-state index contributed by atoms with van der Waals surface area (Å²) in [6, 6.07) is 7.66. The maximum atomic E-state index is 12.7. The van der Waals surface area contributed by atoms with Crippen molar-refractivity contribution >= 4 is 29.2 Å². The number of ether oxygens (including phenoxy) is 2. The average Bonchev–Trinajstić information content (AvgIpc) is 2.84. The molecule has 0 spiro atoms. The summed E-state index contributed by atoms with van der Waals surface area (Å²) in [6.45, 7) is 7.88. The van der Waals surface area contributed by atoms with Gasteiger partial charge in [0, 0.05) is 5.56 Å². The van der Waals surface area contributed by atoms with Crippen molar-refractivity contribution in [3.63, 3.8) is 0 Å². The highest BCUT2D eigenvalue weighted by Crippen LogP contribution is 2.61. The minimum atomic E-state index is -0.589. The Morgan fingerprint density at radius 3 is 2.52 bits per heavy atom. The van der Waals surface area contributed by atoms with E-state index in [1.807, 2.05) is 52.0 Å². The molecule has 3 nitrogen and oxygen atoms in total. The Bertz CT molecular complexity index is 675. The third kappa shape index (κ3) is 2.85. The van der Waals surface area contributed by atoms with Crippen molar-refractivity contribution in [2.24, 2.45) is 17.3 Å². The first-order valence-corrected chi connectivity index (χ1v) is 8.41. The lowest BCUT2D eigenvalue weighted by atomic mass is 9.97. The second-order valence-electron chi connectivity index (χ2n) is 7.34. The van der Waals surface area contributed by atoms with Crippen LogP contribution in [-0.2, 0) is 9.53 Å². The third-order valence-corrected chi connectivity index (χ3v) is 5.16. The molecule has 124 valence electrons. The molecule has 1 aliphatic heterocycles. The van der Waals surface area contributed by atoms with Crippen molar-refractivity contribution in [1.82, 2.24) is 0 Å². The molecule has 0 N–H and O–H groups in total. The summed E-state index contributed by atoms with van der Waals surface area (Å²) in [7, 11) is 0. The van der Waals surface area contributed by atoms with Gasteiger partial charge in [-0.3, -0.25) is 4.79 Å². The first-order chi connectivity index (χ1) is 10.6. The first kappa shape index (κ1) is 16.7. The zero-order valence-electron chi connectivity index (χ0n) is 13.6. The fraction of sp³-hybridized carbons (Fsp3) is 0.500. The number of hydrogen-bond acceptors (Lipinski definition) is 3. The van der Waals surface area contributed by atoms with Crippen LogP contribution in [0.5, 0.6) is 5.75 Å². The number of para-hydroxylation sites is 1. The van der Waals surface area contributed by atoms with E-state index in [2.05, 4.69) is 0 Å². The number of fused-ring (bicyclic) bond motifs is 1. The van der Waals surface area contributed by atoms with Crippen molar-refractivity contribution in [1.29, 1.82) is 0 Å². The predicted octanol–water partition coefficient (Wildman–Crippen LogP) is 5.03. The molecule has 23 heavy (non-hydrogen) atoms. The summed E-state index contributed by atoms with van der Waals surface area (Å²) in [6.07, 6.45) is 1.30. The fourth-order valence-electron chi connectivity index (χ4n) is 3.47. The molecule has 0 saturated heterocycles. The second-order valence-corrected chi connectivity index (χ2v) is 8.35. The predicted molar refractivity (Wildman–Crippen MR) is 90.5 cm³/mol.